The zero-order valence-electron chi connectivity index (χ0n) is 12.4. The lowest BCUT2D eigenvalue weighted by molar-refractivity contribution is -0.113. The lowest BCUT2D eigenvalue weighted by Gasteiger charge is -2.03. The minimum absolute atomic E-state index is 0.193. The zero-order chi connectivity index (χ0) is 16.9. The maximum Gasteiger partial charge on any atom is 0.251 e. The molecule has 1 aromatic carbocycles. The van der Waals surface area contributed by atoms with E-state index in [2.05, 4.69) is 10.3 Å². The van der Waals surface area contributed by atoms with Crippen LogP contribution < -0.4 is 11.1 Å². The molecule has 0 bridgehead atoms. The molecule has 5 nitrogen and oxygen atoms in total. The van der Waals surface area contributed by atoms with Gasteiger partial charge in [-0.25, -0.2) is 4.98 Å². The van der Waals surface area contributed by atoms with E-state index in [0.29, 0.717) is 10.6 Å². The van der Waals surface area contributed by atoms with Gasteiger partial charge >= 0.3 is 0 Å². The van der Waals surface area contributed by atoms with E-state index in [0.717, 1.165) is 15.6 Å². The molecule has 2 heterocycles. The van der Waals surface area contributed by atoms with Gasteiger partial charge < -0.3 is 11.1 Å². The fourth-order valence-electron chi connectivity index (χ4n) is 1.96. The number of nitrogens with one attached hydrogen (secondary N) is 1. The van der Waals surface area contributed by atoms with Gasteiger partial charge in [-0.1, -0.05) is 42.1 Å². The van der Waals surface area contributed by atoms with Gasteiger partial charge in [0, 0.05) is 10.9 Å². The first-order chi connectivity index (χ1) is 11.6. The second kappa shape index (κ2) is 7.61. The van der Waals surface area contributed by atoms with Gasteiger partial charge in [0.2, 0.25) is 5.91 Å². The number of hydrogen-bond donors (Lipinski definition) is 2. The molecule has 0 spiro atoms. The van der Waals surface area contributed by atoms with E-state index in [-0.39, 0.29) is 11.7 Å². The van der Waals surface area contributed by atoms with Crippen LogP contribution in [0, 0.1) is 0 Å². The molecule has 0 aliphatic rings. The van der Waals surface area contributed by atoms with Gasteiger partial charge in [0.1, 0.15) is 5.00 Å². The largest absolute Gasteiger partial charge is 0.366 e. The van der Waals surface area contributed by atoms with Gasteiger partial charge in [0.05, 0.1) is 17.0 Å². The highest BCUT2D eigenvalue weighted by Crippen LogP contribution is 2.28. The first kappa shape index (κ1) is 16.7. The summed E-state index contributed by atoms with van der Waals surface area (Å²) in [4.78, 5) is 27.8. The minimum atomic E-state index is -0.549. The third-order valence-corrected chi connectivity index (χ3v) is 5.91. The lowest BCUT2D eigenvalue weighted by Crippen LogP contribution is -2.17. The average molecular weight is 376 g/mol. The topological polar surface area (TPSA) is 85.1 Å². The third-order valence-electron chi connectivity index (χ3n) is 3.06. The molecule has 0 aliphatic carbocycles. The van der Waals surface area contributed by atoms with Crippen molar-refractivity contribution >= 4 is 51.3 Å². The summed E-state index contributed by atoms with van der Waals surface area (Å²) in [5, 5.41) is 6.89. The van der Waals surface area contributed by atoms with Gasteiger partial charge in [0.15, 0.2) is 4.34 Å². The highest BCUT2D eigenvalue weighted by molar-refractivity contribution is 8.01. The molecule has 2 aromatic heterocycles. The number of primary amides is 1. The van der Waals surface area contributed by atoms with E-state index in [1.807, 2.05) is 35.7 Å². The van der Waals surface area contributed by atoms with Crippen LogP contribution in [0.15, 0.2) is 51.5 Å². The van der Waals surface area contributed by atoms with Crippen LogP contribution in [-0.4, -0.2) is 22.6 Å². The summed E-state index contributed by atoms with van der Waals surface area (Å²) in [5.41, 5.74) is 7.54. The number of thiophene rings is 1. The minimum Gasteiger partial charge on any atom is -0.366 e. The van der Waals surface area contributed by atoms with Crippen molar-refractivity contribution in [3.05, 3.63) is 52.7 Å². The molecule has 0 saturated carbocycles. The summed E-state index contributed by atoms with van der Waals surface area (Å²) in [6.45, 7) is 0. The van der Waals surface area contributed by atoms with E-state index < -0.39 is 5.91 Å². The van der Waals surface area contributed by atoms with Gasteiger partial charge in [-0.2, -0.15) is 0 Å². The Morgan fingerprint density at radius 3 is 2.71 bits per heavy atom. The predicted octanol–water partition coefficient (Wildman–Crippen LogP) is 3.70. The second-order valence-electron chi connectivity index (χ2n) is 4.73. The normalized spacial score (nSPS) is 10.5. The van der Waals surface area contributed by atoms with Crippen molar-refractivity contribution in [2.45, 2.75) is 4.34 Å². The van der Waals surface area contributed by atoms with Crippen LogP contribution in [0.25, 0.3) is 11.3 Å². The smallest absolute Gasteiger partial charge is 0.251 e. The summed E-state index contributed by atoms with van der Waals surface area (Å²) in [5.74, 6) is -0.522. The average Bonchev–Trinajstić information content (AvgIpc) is 3.23. The highest BCUT2D eigenvalue weighted by Gasteiger charge is 2.13. The van der Waals surface area contributed by atoms with Crippen LogP contribution >= 0.6 is 34.4 Å². The van der Waals surface area contributed by atoms with Crippen molar-refractivity contribution in [3.8, 4) is 11.3 Å². The molecule has 3 N–H and O–H groups in total. The third kappa shape index (κ3) is 4.02. The first-order valence-electron chi connectivity index (χ1n) is 6.94. The number of anilines is 1. The van der Waals surface area contributed by atoms with E-state index in [4.69, 9.17) is 5.73 Å². The van der Waals surface area contributed by atoms with Gasteiger partial charge in [-0.05, 0) is 11.4 Å². The summed E-state index contributed by atoms with van der Waals surface area (Å²) in [6, 6.07) is 11.5. The first-order valence-corrected chi connectivity index (χ1v) is 9.69. The van der Waals surface area contributed by atoms with Crippen LogP contribution in [0.5, 0.6) is 0 Å². The van der Waals surface area contributed by atoms with Crippen molar-refractivity contribution < 1.29 is 9.59 Å². The maximum absolute atomic E-state index is 12.0. The molecular weight excluding hydrogens is 362 g/mol. The molecule has 3 aromatic rings. The van der Waals surface area contributed by atoms with Crippen LogP contribution in [0.3, 0.4) is 0 Å². The van der Waals surface area contributed by atoms with Gasteiger partial charge in [0.25, 0.3) is 5.91 Å². The van der Waals surface area contributed by atoms with Gasteiger partial charge in [-0.3, -0.25) is 9.59 Å². The lowest BCUT2D eigenvalue weighted by atomic mass is 10.2. The Kier molecular flexibility index (Phi) is 5.29. The molecule has 122 valence electrons. The fraction of sp³-hybridized carbons (Fsp3) is 0.0625. The number of amides is 2. The Labute approximate surface area is 150 Å². The van der Waals surface area contributed by atoms with Crippen LogP contribution in [0.1, 0.15) is 10.4 Å². The number of carbonyl (C=O) groups is 2. The van der Waals surface area contributed by atoms with Crippen molar-refractivity contribution in [1.29, 1.82) is 0 Å². The zero-order valence-corrected chi connectivity index (χ0v) is 14.8. The Balaban J connectivity index is 1.58. The molecule has 24 heavy (non-hydrogen) atoms. The molecule has 3 rings (SSSR count). The molecule has 0 fully saturated rings. The number of aromatic nitrogens is 1. The quantitative estimate of drug-likeness (QED) is 0.643. The number of rotatable bonds is 6. The molecule has 0 saturated heterocycles. The summed E-state index contributed by atoms with van der Waals surface area (Å²) >= 11 is 4.14. The summed E-state index contributed by atoms with van der Waals surface area (Å²) < 4.78 is 0.824. The number of hydrogen-bond acceptors (Lipinski definition) is 6. The number of nitrogens with two attached hydrogens (primary N) is 1. The van der Waals surface area contributed by atoms with Crippen molar-refractivity contribution in [3.63, 3.8) is 0 Å². The summed E-state index contributed by atoms with van der Waals surface area (Å²) in [7, 11) is 0. The molecule has 0 radical (unpaired) electrons. The number of thiazole rings is 1. The summed E-state index contributed by atoms with van der Waals surface area (Å²) in [6.07, 6.45) is 0. The van der Waals surface area contributed by atoms with Crippen molar-refractivity contribution in [1.82, 2.24) is 4.98 Å². The monoisotopic (exact) mass is 375 g/mol. The molecule has 2 amide bonds. The van der Waals surface area contributed by atoms with Crippen LogP contribution in [0.4, 0.5) is 5.00 Å². The van der Waals surface area contributed by atoms with Crippen molar-refractivity contribution in [2.24, 2.45) is 5.73 Å². The molecule has 0 atom stereocenters. The molecule has 8 heteroatoms. The molecular formula is C16H13N3O2S3. The van der Waals surface area contributed by atoms with E-state index in [1.54, 1.807) is 11.4 Å². The molecule has 0 unspecified atom stereocenters. The number of thioether (sulfide) groups is 1. The van der Waals surface area contributed by atoms with Crippen molar-refractivity contribution in [2.75, 3.05) is 11.1 Å². The van der Waals surface area contributed by atoms with Crippen LogP contribution in [-0.2, 0) is 4.79 Å². The Morgan fingerprint density at radius 1 is 1.17 bits per heavy atom. The molecule has 0 aliphatic heterocycles. The standard InChI is InChI=1S/C16H13N3O2S3/c17-14(21)11-6-7-22-15(11)19-13(20)9-24-16-18-12(8-23-16)10-4-2-1-3-5-10/h1-8H,9H2,(H2,17,21)(H,19,20). The van der Waals surface area contributed by atoms with Crippen LogP contribution in [0.2, 0.25) is 0 Å². The van der Waals surface area contributed by atoms with E-state index >= 15 is 0 Å². The predicted molar refractivity (Wildman–Crippen MR) is 99.7 cm³/mol. The van der Waals surface area contributed by atoms with E-state index in [9.17, 15) is 9.59 Å². The number of carbonyl (C=O) groups excluding carboxylic acids is 2. The Morgan fingerprint density at radius 2 is 1.96 bits per heavy atom. The van der Waals surface area contributed by atoms with E-state index in [1.165, 1.54) is 34.4 Å². The SMILES string of the molecule is NC(=O)c1ccsc1NC(=O)CSc1nc(-c2ccccc2)cs1. The number of benzene rings is 1. The Bertz CT molecular complexity index is 858. The number of nitrogens with zero attached hydrogens (tertiary/aromatic N) is 1. The maximum atomic E-state index is 12.0. The highest BCUT2D eigenvalue weighted by atomic mass is 32.2. The second-order valence-corrected chi connectivity index (χ2v) is 7.73. The fourth-order valence-corrected chi connectivity index (χ4v) is 4.40. The van der Waals surface area contributed by atoms with Gasteiger partial charge in [-0.15, -0.1) is 22.7 Å². The Hall–Kier alpha value is -2.16.